The van der Waals surface area contributed by atoms with Crippen LogP contribution in [0.25, 0.3) is 0 Å². The predicted molar refractivity (Wildman–Crippen MR) is 85.9 cm³/mol. The summed E-state index contributed by atoms with van der Waals surface area (Å²) in [6.07, 6.45) is 5.66. The minimum absolute atomic E-state index is 0.0362. The molecule has 2 fully saturated rings. The quantitative estimate of drug-likeness (QED) is 0.719. The molecule has 4 N–H and O–H groups in total. The molecular weight excluding hydrogens is 294 g/mol. The molecule has 0 radical (unpaired) electrons. The molecule has 2 amide bonds. The summed E-state index contributed by atoms with van der Waals surface area (Å²) in [4.78, 5) is 26.2. The van der Waals surface area contributed by atoms with E-state index < -0.39 is 0 Å². The van der Waals surface area contributed by atoms with Crippen molar-refractivity contribution >= 4 is 11.8 Å². The predicted octanol–water partition coefficient (Wildman–Crippen LogP) is 0.747. The van der Waals surface area contributed by atoms with E-state index in [1.165, 1.54) is 12.8 Å². The molecule has 3 rings (SSSR count). The maximum atomic E-state index is 12.7. The fraction of sp³-hybridized carbons (Fsp3) is 0.688. The lowest BCUT2D eigenvalue weighted by molar-refractivity contribution is -0.121. The van der Waals surface area contributed by atoms with Crippen LogP contribution in [-0.2, 0) is 4.79 Å². The monoisotopic (exact) mass is 319 g/mol. The Balaban J connectivity index is 1.62. The molecule has 1 unspecified atom stereocenters. The Morgan fingerprint density at radius 1 is 1.35 bits per heavy atom. The van der Waals surface area contributed by atoms with Gasteiger partial charge in [0.1, 0.15) is 5.69 Å². The highest BCUT2D eigenvalue weighted by Crippen LogP contribution is 2.39. The van der Waals surface area contributed by atoms with Crippen LogP contribution in [0.1, 0.15) is 60.6 Å². The smallest absolute Gasteiger partial charge is 0.274 e. The van der Waals surface area contributed by atoms with Crippen molar-refractivity contribution in [3.63, 3.8) is 0 Å². The highest BCUT2D eigenvalue weighted by molar-refractivity contribution is 5.92. The van der Waals surface area contributed by atoms with Gasteiger partial charge in [-0.05, 0) is 38.2 Å². The van der Waals surface area contributed by atoms with E-state index in [1.54, 1.807) is 0 Å². The van der Waals surface area contributed by atoms with Crippen LogP contribution in [-0.4, -0.2) is 52.6 Å². The molecule has 0 aromatic carbocycles. The summed E-state index contributed by atoms with van der Waals surface area (Å²) >= 11 is 0. The van der Waals surface area contributed by atoms with Crippen LogP contribution in [0.2, 0.25) is 0 Å². The number of nitrogens with one attached hydrogen (secondary N) is 2. The Labute approximate surface area is 136 Å². The molecule has 7 heteroatoms. The fourth-order valence-corrected chi connectivity index (χ4v) is 3.13. The first-order valence-corrected chi connectivity index (χ1v) is 8.52. The van der Waals surface area contributed by atoms with Crippen molar-refractivity contribution < 1.29 is 9.59 Å². The zero-order valence-electron chi connectivity index (χ0n) is 13.4. The summed E-state index contributed by atoms with van der Waals surface area (Å²) in [7, 11) is 0. The molecule has 1 aliphatic carbocycles. The number of carbonyl (C=O) groups excluding carboxylic acids is 2. The second-order valence-electron chi connectivity index (χ2n) is 6.47. The largest absolute Gasteiger partial charge is 0.354 e. The first-order valence-electron chi connectivity index (χ1n) is 8.52. The van der Waals surface area contributed by atoms with Gasteiger partial charge >= 0.3 is 0 Å². The normalized spacial score (nSPS) is 21.3. The summed E-state index contributed by atoms with van der Waals surface area (Å²) < 4.78 is 0. The third-order valence-corrected chi connectivity index (χ3v) is 4.63. The highest BCUT2D eigenvalue weighted by Gasteiger charge is 2.31. The van der Waals surface area contributed by atoms with E-state index in [-0.39, 0.29) is 17.9 Å². The lowest BCUT2D eigenvalue weighted by Gasteiger charge is -2.35. The minimum atomic E-state index is -0.0544. The third-order valence-electron chi connectivity index (χ3n) is 4.63. The van der Waals surface area contributed by atoms with Crippen molar-refractivity contribution in [2.24, 2.45) is 5.73 Å². The van der Waals surface area contributed by atoms with E-state index in [4.69, 9.17) is 5.73 Å². The number of likely N-dealkylation sites (tertiary alicyclic amines) is 1. The molecular formula is C16H25N5O2. The average Bonchev–Trinajstić information content (AvgIpc) is 3.30. The van der Waals surface area contributed by atoms with Crippen LogP contribution in [0.4, 0.5) is 0 Å². The van der Waals surface area contributed by atoms with Crippen molar-refractivity contribution in [2.45, 2.75) is 50.5 Å². The van der Waals surface area contributed by atoms with E-state index in [2.05, 4.69) is 15.5 Å². The molecule has 1 aliphatic heterocycles. The SMILES string of the molecule is NCCC(=O)NCC1CCCCN1C(=O)c1cc(C2CC2)[nH]n1. The molecule has 1 saturated heterocycles. The van der Waals surface area contributed by atoms with Crippen molar-refractivity contribution in [1.82, 2.24) is 20.4 Å². The van der Waals surface area contributed by atoms with Gasteiger partial charge in [-0.2, -0.15) is 5.10 Å². The zero-order valence-corrected chi connectivity index (χ0v) is 13.4. The topological polar surface area (TPSA) is 104 Å². The van der Waals surface area contributed by atoms with Gasteiger partial charge < -0.3 is 16.0 Å². The van der Waals surface area contributed by atoms with Crippen molar-refractivity contribution in [2.75, 3.05) is 19.6 Å². The van der Waals surface area contributed by atoms with Gasteiger partial charge in [0, 0.05) is 43.7 Å². The molecule has 2 heterocycles. The minimum Gasteiger partial charge on any atom is -0.354 e. The number of aromatic amines is 1. The molecule has 0 bridgehead atoms. The first kappa shape index (κ1) is 16.0. The average molecular weight is 319 g/mol. The Morgan fingerprint density at radius 2 is 2.17 bits per heavy atom. The lowest BCUT2D eigenvalue weighted by atomic mass is 10.0. The van der Waals surface area contributed by atoms with Gasteiger partial charge in [0.25, 0.3) is 5.91 Å². The Hall–Kier alpha value is -1.89. The molecule has 0 spiro atoms. The summed E-state index contributed by atoms with van der Waals surface area (Å²) in [5, 5.41) is 10.1. The van der Waals surface area contributed by atoms with Gasteiger partial charge in [0.2, 0.25) is 5.91 Å². The van der Waals surface area contributed by atoms with E-state index in [1.807, 2.05) is 11.0 Å². The maximum Gasteiger partial charge on any atom is 0.274 e. The van der Waals surface area contributed by atoms with E-state index in [9.17, 15) is 9.59 Å². The Kier molecular flexibility index (Phi) is 4.95. The number of amides is 2. The Morgan fingerprint density at radius 3 is 2.91 bits per heavy atom. The van der Waals surface area contributed by atoms with E-state index in [0.717, 1.165) is 31.5 Å². The molecule has 2 aliphatic rings. The van der Waals surface area contributed by atoms with E-state index in [0.29, 0.717) is 31.1 Å². The van der Waals surface area contributed by atoms with Crippen molar-refractivity contribution in [1.29, 1.82) is 0 Å². The molecule has 1 atom stereocenters. The van der Waals surface area contributed by atoms with Gasteiger partial charge in [-0.3, -0.25) is 14.7 Å². The van der Waals surface area contributed by atoms with Gasteiger partial charge in [-0.25, -0.2) is 0 Å². The lowest BCUT2D eigenvalue weighted by Crippen LogP contribution is -2.49. The summed E-state index contributed by atoms with van der Waals surface area (Å²) in [6, 6.07) is 1.93. The van der Waals surface area contributed by atoms with Gasteiger partial charge in [0.15, 0.2) is 0 Å². The van der Waals surface area contributed by atoms with Crippen LogP contribution >= 0.6 is 0 Å². The summed E-state index contributed by atoms with van der Waals surface area (Å²) in [5.41, 5.74) is 6.94. The number of H-pyrrole nitrogens is 1. The van der Waals surface area contributed by atoms with E-state index >= 15 is 0 Å². The number of rotatable bonds is 6. The Bertz CT molecular complexity index is 567. The number of hydrogen-bond acceptors (Lipinski definition) is 4. The van der Waals surface area contributed by atoms with Crippen LogP contribution in [0.5, 0.6) is 0 Å². The first-order chi connectivity index (χ1) is 11.2. The van der Waals surface area contributed by atoms with Crippen LogP contribution in [0.15, 0.2) is 6.07 Å². The molecule has 126 valence electrons. The zero-order chi connectivity index (χ0) is 16.2. The van der Waals surface area contributed by atoms with Gasteiger partial charge in [-0.15, -0.1) is 0 Å². The number of nitrogens with zero attached hydrogens (tertiary/aromatic N) is 2. The second kappa shape index (κ2) is 7.12. The molecule has 1 saturated carbocycles. The fourth-order valence-electron chi connectivity index (χ4n) is 3.13. The highest BCUT2D eigenvalue weighted by atomic mass is 16.2. The number of nitrogens with two attached hydrogens (primary N) is 1. The van der Waals surface area contributed by atoms with Gasteiger partial charge in [-0.1, -0.05) is 0 Å². The van der Waals surface area contributed by atoms with Crippen LogP contribution in [0, 0.1) is 0 Å². The number of aromatic nitrogens is 2. The molecule has 23 heavy (non-hydrogen) atoms. The van der Waals surface area contributed by atoms with Gasteiger partial charge in [0.05, 0.1) is 0 Å². The molecule has 7 nitrogen and oxygen atoms in total. The second-order valence-corrected chi connectivity index (χ2v) is 6.47. The standard InChI is InChI=1S/C16H25N5O2/c17-7-6-15(22)18-10-12-3-1-2-8-21(12)16(23)14-9-13(19-20-14)11-4-5-11/h9,11-12H,1-8,10,17H2,(H,18,22)(H,19,20). The van der Waals surface area contributed by atoms with Crippen LogP contribution in [0.3, 0.4) is 0 Å². The number of hydrogen-bond donors (Lipinski definition) is 3. The van der Waals surface area contributed by atoms with Crippen molar-refractivity contribution in [3.8, 4) is 0 Å². The summed E-state index contributed by atoms with van der Waals surface area (Å²) in [6.45, 7) is 1.56. The summed E-state index contributed by atoms with van der Waals surface area (Å²) in [5.74, 6) is 0.462. The van der Waals surface area contributed by atoms with Crippen LogP contribution < -0.4 is 11.1 Å². The number of piperidine rings is 1. The molecule has 1 aromatic heterocycles. The maximum absolute atomic E-state index is 12.7. The number of carbonyl (C=O) groups is 2. The van der Waals surface area contributed by atoms with Crippen molar-refractivity contribution in [3.05, 3.63) is 17.5 Å². The molecule has 1 aromatic rings. The third kappa shape index (κ3) is 3.90.